The molecule has 0 aromatic heterocycles. The molecule has 0 aromatic carbocycles. The topological polar surface area (TPSA) is 83.5 Å². The number of carbonyl (C=O) groups is 1. The molecule has 1 heterocycles. The highest BCUT2D eigenvalue weighted by atomic mass is 32.2. The summed E-state index contributed by atoms with van der Waals surface area (Å²) in [4.78, 5) is 11.2. The number of carboxylic acid groups (broad SMARTS) is 1. The van der Waals surface area contributed by atoms with Gasteiger partial charge in [-0.15, -0.1) is 0 Å². The van der Waals surface area contributed by atoms with Crippen LogP contribution in [0.25, 0.3) is 0 Å². The van der Waals surface area contributed by atoms with Crippen LogP contribution in [0.4, 0.5) is 0 Å². The Morgan fingerprint density at radius 3 is 2.41 bits per heavy atom. The molecule has 0 spiro atoms. The molecule has 100 valence electrons. The zero-order valence-corrected chi connectivity index (χ0v) is 11.9. The number of sulfonamides is 1. The van der Waals surface area contributed by atoms with Crippen molar-refractivity contribution in [1.82, 2.24) is 4.72 Å². The summed E-state index contributed by atoms with van der Waals surface area (Å²) < 4.78 is 26.2. The second-order valence-corrected chi connectivity index (χ2v) is 8.44. The molecular weight excluding hydrogens is 262 g/mol. The zero-order valence-electron chi connectivity index (χ0n) is 10.3. The highest BCUT2D eigenvalue weighted by Gasteiger charge is 2.45. The maximum absolute atomic E-state index is 11.9. The van der Waals surface area contributed by atoms with E-state index in [1.54, 1.807) is 0 Å². The summed E-state index contributed by atoms with van der Waals surface area (Å²) in [6, 6.07) is 0. The minimum Gasteiger partial charge on any atom is -0.480 e. The van der Waals surface area contributed by atoms with Gasteiger partial charge in [-0.3, -0.25) is 4.79 Å². The molecular formula is C10H19NO4S2. The number of hydrogen-bond donors (Lipinski definition) is 2. The molecule has 1 fully saturated rings. The minimum atomic E-state index is -3.57. The second kappa shape index (κ2) is 4.78. The Bertz CT molecular complexity index is 391. The van der Waals surface area contributed by atoms with E-state index in [0.29, 0.717) is 17.9 Å². The largest absolute Gasteiger partial charge is 0.480 e. The van der Waals surface area contributed by atoms with Crippen molar-refractivity contribution in [2.24, 2.45) is 5.41 Å². The van der Waals surface area contributed by atoms with Gasteiger partial charge in [0.05, 0.1) is 5.75 Å². The van der Waals surface area contributed by atoms with E-state index in [1.807, 2.05) is 20.8 Å². The van der Waals surface area contributed by atoms with Crippen LogP contribution in [-0.4, -0.2) is 42.3 Å². The van der Waals surface area contributed by atoms with E-state index >= 15 is 0 Å². The van der Waals surface area contributed by atoms with Crippen molar-refractivity contribution in [3.05, 3.63) is 0 Å². The van der Waals surface area contributed by atoms with Crippen molar-refractivity contribution < 1.29 is 18.3 Å². The van der Waals surface area contributed by atoms with Gasteiger partial charge in [-0.25, -0.2) is 8.42 Å². The molecule has 0 radical (unpaired) electrons. The van der Waals surface area contributed by atoms with E-state index in [4.69, 9.17) is 0 Å². The first kappa shape index (κ1) is 14.8. The Morgan fingerprint density at radius 1 is 1.47 bits per heavy atom. The quantitative estimate of drug-likeness (QED) is 0.800. The fourth-order valence-electron chi connectivity index (χ4n) is 1.76. The number of aliphatic carboxylic acids is 1. The molecule has 5 nitrogen and oxygen atoms in total. The molecule has 0 bridgehead atoms. The van der Waals surface area contributed by atoms with Gasteiger partial charge in [-0.2, -0.15) is 16.5 Å². The van der Waals surface area contributed by atoms with E-state index in [0.717, 1.165) is 0 Å². The second-order valence-electron chi connectivity index (χ2n) is 5.61. The third-order valence-corrected chi connectivity index (χ3v) is 5.54. The van der Waals surface area contributed by atoms with E-state index in [1.165, 1.54) is 11.8 Å². The summed E-state index contributed by atoms with van der Waals surface area (Å²) in [5.74, 6) is -0.185. The first-order valence-electron chi connectivity index (χ1n) is 5.39. The molecule has 0 amide bonds. The molecule has 0 aromatic rings. The first-order valence-corrected chi connectivity index (χ1v) is 8.20. The van der Waals surface area contributed by atoms with E-state index in [2.05, 4.69) is 4.72 Å². The normalized spacial score (nSPS) is 26.1. The molecule has 1 unspecified atom stereocenters. The summed E-state index contributed by atoms with van der Waals surface area (Å²) in [7, 11) is -3.57. The van der Waals surface area contributed by atoms with Gasteiger partial charge in [0.2, 0.25) is 10.0 Å². The van der Waals surface area contributed by atoms with E-state index in [9.17, 15) is 18.3 Å². The number of hydrogen-bond acceptors (Lipinski definition) is 4. The Hall–Kier alpha value is -0.270. The average molecular weight is 281 g/mol. The Balaban J connectivity index is 2.85. The standard InChI is InChI=1S/C10H19NO4S2/c1-9(2,3)7-17(14,15)11-10(8(12)13)4-5-16-6-10/h11H,4-7H2,1-3H3,(H,12,13). The highest BCUT2D eigenvalue weighted by Crippen LogP contribution is 2.29. The molecule has 0 aliphatic carbocycles. The summed E-state index contributed by atoms with van der Waals surface area (Å²) in [5, 5.41) is 9.19. The van der Waals surface area contributed by atoms with E-state index < -0.39 is 26.9 Å². The molecule has 1 rings (SSSR count). The molecule has 7 heteroatoms. The maximum atomic E-state index is 11.9. The number of thioether (sulfide) groups is 1. The van der Waals surface area contributed by atoms with Gasteiger partial charge in [-0.05, 0) is 17.6 Å². The summed E-state index contributed by atoms with van der Waals surface area (Å²) in [6.07, 6.45) is 0.344. The molecule has 1 aliphatic rings. The van der Waals surface area contributed by atoms with Crippen molar-refractivity contribution in [3.8, 4) is 0 Å². The Labute approximate surface area is 106 Å². The van der Waals surface area contributed by atoms with Crippen LogP contribution in [0, 0.1) is 5.41 Å². The highest BCUT2D eigenvalue weighted by molar-refractivity contribution is 7.99. The fourth-order valence-corrected chi connectivity index (χ4v) is 5.25. The smallest absolute Gasteiger partial charge is 0.325 e. The van der Waals surface area contributed by atoms with Crippen LogP contribution in [0.5, 0.6) is 0 Å². The summed E-state index contributed by atoms with van der Waals surface area (Å²) >= 11 is 1.46. The van der Waals surface area contributed by atoms with Crippen molar-refractivity contribution in [2.75, 3.05) is 17.3 Å². The summed E-state index contributed by atoms with van der Waals surface area (Å²) in [6.45, 7) is 5.43. The third kappa shape index (κ3) is 4.15. The lowest BCUT2D eigenvalue weighted by atomic mass is 10.0. The van der Waals surface area contributed by atoms with Gasteiger partial charge in [-0.1, -0.05) is 20.8 Å². The molecule has 17 heavy (non-hydrogen) atoms. The van der Waals surface area contributed by atoms with Gasteiger partial charge in [0.25, 0.3) is 0 Å². The maximum Gasteiger partial charge on any atom is 0.325 e. The lowest BCUT2D eigenvalue weighted by Gasteiger charge is -2.27. The Morgan fingerprint density at radius 2 is 2.06 bits per heavy atom. The van der Waals surface area contributed by atoms with Gasteiger partial charge < -0.3 is 5.11 Å². The Kier molecular flexibility index (Phi) is 4.16. The van der Waals surface area contributed by atoms with E-state index in [-0.39, 0.29) is 5.75 Å². The lowest BCUT2D eigenvalue weighted by molar-refractivity contribution is -0.142. The zero-order chi connectivity index (χ0) is 13.3. The van der Waals surface area contributed by atoms with Crippen LogP contribution in [0.15, 0.2) is 0 Å². The number of nitrogens with one attached hydrogen (secondary N) is 1. The van der Waals surface area contributed by atoms with Crippen LogP contribution >= 0.6 is 11.8 Å². The SMILES string of the molecule is CC(C)(C)CS(=O)(=O)NC1(C(=O)O)CCSC1. The van der Waals surface area contributed by atoms with Crippen LogP contribution in [0.3, 0.4) is 0 Å². The monoisotopic (exact) mass is 281 g/mol. The molecule has 1 saturated heterocycles. The molecule has 1 atom stereocenters. The fraction of sp³-hybridized carbons (Fsp3) is 0.900. The van der Waals surface area contributed by atoms with Crippen molar-refractivity contribution in [3.63, 3.8) is 0 Å². The van der Waals surface area contributed by atoms with Crippen LogP contribution in [0.2, 0.25) is 0 Å². The van der Waals surface area contributed by atoms with Crippen molar-refractivity contribution in [1.29, 1.82) is 0 Å². The predicted molar refractivity (Wildman–Crippen MR) is 68.7 cm³/mol. The van der Waals surface area contributed by atoms with Gasteiger partial charge in [0.1, 0.15) is 5.54 Å². The lowest BCUT2D eigenvalue weighted by Crippen LogP contribution is -2.55. The average Bonchev–Trinajstić information content (AvgIpc) is 2.47. The van der Waals surface area contributed by atoms with Gasteiger partial charge >= 0.3 is 5.97 Å². The van der Waals surface area contributed by atoms with Crippen LogP contribution < -0.4 is 4.72 Å². The number of carboxylic acids is 1. The number of rotatable bonds is 4. The van der Waals surface area contributed by atoms with Crippen LogP contribution in [0.1, 0.15) is 27.2 Å². The van der Waals surface area contributed by atoms with Crippen molar-refractivity contribution in [2.45, 2.75) is 32.7 Å². The molecule has 0 saturated carbocycles. The van der Waals surface area contributed by atoms with Gasteiger partial charge in [0, 0.05) is 5.75 Å². The van der Waals surface area contributed by atoms with Gasteiger partial charge in [0.15, 0.2) is 0 Å². The minimum absolute atomic E-state index is 0.0697. The predicted octanol–water partition coefficient (Wildman–Crippen LogP) is 0.912. The first-order chi connectivity index (χ1) is 7.56. The van der Waals surface area contributed by atoms with Crippen LogP contribution in [-0.2, 0) is 14.8 Å². The third-order valence-electron chi connectivity index (χ3n) is 2.40. The molecule has 2 N–H and O–H groups in total. The van der Waals surface area contributed by atoms with Crippen molar-refractivity contribution >= 4 is 27.8 Å². The summed E-state index contributed by atoms with van der Waals surface area (Å²) in [5.41, 5.74) is -1.70. The molecule has 1 aliphatic heterocycles.